The maximum absolute atomic E-state index is 12.1. The molecule has 0 radical (unpaired) electrons. The molecule has 144 valence electrons. The van der Waals surface area contributed by atoms with E-state index in [0.29, 0.717) is 19.7 Å². The number of furan rings is 1. The van der Waals surface area contributed by atoms with E-state index in [4.69, 9.17) is 9.15 Å². The Hall–Kier alpha value is -2.64. The normalized spacial score (nSPS) is 17.0. The highest BCUT2D eigenvalue weighted by molar-refractivity contribution is 6.35. The van der Waals surface area contributed by atoms with Gasteiger partial charge in [-0.15, -0.1) is 0 Å². The molecule has 1 aliphatic rings. The van der Waals surface area contributed by atoms with Crippen LogP contribution in [0.25, 0.3) is 0 Å². The van der Waals surface area contributed by atoms with E-state index >= 15 is 0 Å². The summed E-state index contributed by atoms with van der Waals surface area (Å²) in [6, 6.07) is 12.1. The quantitative estimate of drug-likeness (QED) is 0.466. The van der Waals surface area contributed by atoms with Crippen LogP contribution in [0.4, 0.5) is 0 Å². The number of nitrogens with one attached hydrogen (secondary N) is 3. The molecule has 7 heteroatoms. The maximum Gasteiger partial charge on any atom is 0.309 e. The van der Waals surface area contributed by atoms with E-state index in [1.807, 2.05) is 12.1 Å². The molecule has 0 saturated heterocycles. The van der Waals surface area contributed by atoms with Crippen LogP contribution >= 0.6 is 0 Å². The van der Waals surface area contributed by atoms with E-state index < -0.39 is 11.8 Å². The number of hydrogen-bond acceptors (Lipinski definition) is 4. The monoisotopic (exact) mass is 372 g/mol. The van der Waals surface area contributed by atoms with Gasteiger partial charge < -0.3 is 24.7 Å². The number of fused-ring (bicyclic) bond motifs is 1. The van der Waals surface area contributed by atoms with Gasteiger partial charge in [0.2, 0.25) is 0 Å². The molecule has 0 fully saturated rings. The number of hydrogen-bond donors (Lipinski definition) is 3. The smallest absolute Gasteiger partial charge is 0.309 e. The number of amides is 2. The fraction of sp³-hybridized carbons (Fsp3) is 0.400. The Kier molecular flexibility index (Phi) is 6.62. The third-order valence-corrected chi connectivity index (χ3v) is 4.90. The average molecular weight is 372 g/mol. The van der Waals surface area contributed by atoms with E-state index in [-0.39, 0.29) is 6.04 Å². The van der Waals surface area contributed by atoms with Gasteiger partial charge in [-0.25, -0.2) is 0 Å². The highest BCUT2D eigenvalue weighted by atomic mass is 16.5. The van der Waals surface area contributed by atoms with E-state index in [1.165, 1.54) is 16.0 Å². The van der Waals surface area contributed by atoms with Crippen LogP contribution in [0, 0.1) is 0 Å². The van der Waals surface area contributed by atoms with Crippen LogP contribution < -0.4 is 15.5 Å². The second-order valence-corrected chi connectivity index (χ2v) is 6.63. The molecule has 2 amide bonds. The number of ether oxygens (including phenoxy) is 1. The third-order valence-electron chi connectivity index (χ3n) is 4.90. The van der Waals surface area contributed by atoms with Gasteiger partial charge in [-0.3, -0.25) is 9.59 Å². The van der Waals surface area contributed by atoms with E-state index in [9.17, 15) is 9.59 Å². The van der Waals surface area contributed by atoms with Crippen molar-refractivity contribution in [1.82, 2.24) is 10.6 Å². The minimum atomic E-state index is -0.649. The van der Waals surface area contributed by atoms with Gasteiger partial charge in [-0.2, -0.15) is 0 Å². The second-order valence-electron chi connectivity index (χ2n) is 6.63. The lowest BCUT2D eigenvalue weighted by Crippen LogP contribution is -3.12. The largest absolute Gasteiger partial charge is 0.463 e. The number of quaternary nitrogens is 1. The Balaban J connectivity index is 1.63. The van der Waals surface area contributed by atoms with E-state index in [0.717, 1.165) is 25.3 Å². The summed E-state index contributed by atoms with van der Waals surface area (Å²) in [6.07, 6.45) is 2.62. The molecule has 2 heterocycles. The van der Waals surface area contributed by atoms with Crippen LogP contribution in [0.1, 0.15) is 22.9 Å². The lowest BCUT2D eigenvalue weighted by Gasteiger charge is -2.31. The second kappa shape index (κ2) is 9.34. The fourth-order valence-corrected chi connectivity index (χ4v) is 3.46. The first-order valence-electron chi connectivity index (χ1n) is 9.18. The zero-order valence-electron chi connectivity index (χ0n) is 15.5. The van der Waals surface area contributed by atoms with Crippen molar-refractivity contribution in [1.29, 1.82) is 0 Å². The van der Waals surface area contributed by atoms with Crippen LogP contribution in [0.2, 0.25) is 0 Å². The molecule has 1 aliphatic heterocycles. The molecular weight excluding hydrogens is 346 g/mol. The van der Waals surface area contributed by atoms with Crippen LogP contribution in [0.3, 0.4) is 0 Å². The highest BCUT2D eigenvalue weighted by Crippen LogP contribution is 2.15. The molecule has 1 aromatic heterocycles. The Morgan fingerprint density at radius 1 is 1.15 bits per heavy atom. The fourth-order valence-electron chi connectivity index (χ4n) is 3.46. The summed E-state index contributed by atoms with van der Waals surface area (Å²) in [5.74, 6) is -0.479. The molecular formula is C20H26N3O4+. The molecule has 7 nitrogen and oxygen atoms in total. The van der Waals surface area contributed by atoms with E-state index in [2.05, 4.69) is 34.9 Å². The van der Waals surface area contributed by atoms with Gasteiger partial charge in [0.05, 0.1) is 26.0 Å². The first kappa shape index (κ1) is 19.1. The molecule has 2 aromatic rings. The molecule has 0 spiro atoms. The lowest BCUT2D eigenvalue weighted by atomic mass is 9.98. The summed E-state index contributed by atoms with van der Waals surface area (Å²) in [4.78, 5) is 25.2. The SMILES string of the molecule is COCCNC(=O)C(=O)NC[C@H](c1ccco1)[NH+]1CCc2ccccc2C1. The Morgan fingerprint density at radius 3 is 2.67 bits per heavy atom. The number of carbonyl (C=O) groups is 2. The lowest BCUT2D eigenvalue weighted by molar-refractivity contribution is -0.946. The summed E-state index contributed by atoms with van der Waals surface area (Å²) in [6.45, 7) is 2.81. The number of benzene rings is 1. The van der Waals surface area contributed by atoms with Crippen molar-refractivity contribution < 1.29 is 23.6 Å². The Labute approximate surface area is 158 Å². The molecule has 0 aliphatic carbocycles. The molecule has 1 aromatic carbocycles. The maximum atomic E-state index is 12.1. The summed E-state index contributed by atoms with van der Waals surface area (Å²) < 4.78 is 10.5. The van der Waals surface area contributed by atoms with Crippen LogP contribution in [0.15, 0.2) is 47.1 Å². The van der Waals surface area contributed by atoms with Crippen molar-refractivity contribution in [3.8, 4) is 0 Å². The van der Waals surface area contributed by atoms with Gasteiger partial charge in [0, 0.05) is 25.6 Å². The molecule has 3 N–H and O–H groups in total. The number of methoxy groups -OCH3 is 1. The Morgan fingerprint density at radius 2 is 1.93 bits per heavy atom. The average Bonchev–Trinajstić information content (AvgIpc) is 3.22. The summed E-state index contributed by atoms with van der Waals surface area (Å²) in [5, 5.41) is 5.27. The predicted molar refractivity (Wildman–Crippen MR) is 99.0 cm³/mol. The highest BCUT2D eigenvalue weighted by Gasteiger charge is 2.31. The zero-order chi connectivity index (χ0) is 19.1. The van der Waals surface area contributed by atoms with Gasteiger partial charge in [0.1, 0.15) is 6.54 Å². The summed E-state index contributed by atoms with van der Waals surface area (Å²) in [5.41, 5.74) is 2.69. The zero-order valence-corrected chi connectivity index (χ0v) is 15.5. The predicted octanol–water partition coefficient (Wildman–Crippen LogP) is -0.159. The molecule has 1 unspecified atom stereocenters. The van der Waals surface area contributed by atoms with Gasteiger partial charge in [0.15, 0.2) is 11.8 Å². The molecule has 0 bridgehead atoms. The number of carbonyl (C=O) groups excluding carboxylic acids is 2. The Bertz CT molecular complexity index is 760. The van der Waals surface area contributed by atoms with Crippen LogP contribution in [0.5, 0.6) is 0 Å². The van der Waals surface area contributed by atoms with Crippen molar-refractivity contribution >= 4 is 11.8 Å². The first-order chi connectivity index (χ1) is 13.2. The molecule has 2 atom stereocenters. The minimum Gasteiger partial charge on any atom is -0.463 e. The summed E-state index contributed by atoms with van der Waals surface area (Å²) in [7, 11) is 1.54. The topological polar surface area (TPSA) is 85.0 Å². The van der Waals surface area contributed by atoms with Gasteiger partial charge in [-0.1, -0.05) is 24.3 Å². The molecule has 0 saturated carbocycles. The van der Waals surface area contributed by atoms with Gasteiger partial charge in [0.25, 0.3) is 0 Å². The molecule has 27 heavy (non-hydrogen) atoms. The van der Waals surface area contributed by atoms with E-state index in [1.54, 1.807) is 13.4 Å². The van der Waals surface area contributed by atoms with Crippen molar-refractivity contribution in [2.24, 2.45) is 0 Å². The summed E-state index contributed by atoms with van der Waals surface area (Å²) >= 11 is 0. The van der Waals surface area contributed by atoms with Gasteiger partial charge in [-0.05, 0) is 17.7 Å². The van der Waals surface area contributed by atoms with Crippen molar-refractivity contribution in [2.45, 2.75) is 19.0 Å². The third kappa shape index (κ3) is 4.96. The molecule has 3 rings (SSSR count). The minimum absolute atomic E-state index is 0.0518. The standard InChI is InChI=1S/C20H25N3O4/c1-26-12-9-21-19(24)20(25)22-13-17(18-7-4-11-27-18)23-10-8-15-5-2-3-6-16(15)14-23/h2-7,11,17H,8-10,12-14H2,1H3,(H,21,24)(H,22,25)/p+1/t17-/m1/s1. The first-order valence-corrected chi connectivity index (χ1v) is 9.18. The van der Waals surface area contributed by atoms with Gasteiger partial charge >= 0.3 is 11.8 Å². The van der Waals surface area contributed by atoms with Crippen LogP contribution in [-0.2, 0) is 27.3 Å². The van der Waals surface area contributed by atoms with Crippen LogP contribution in [-0.4, -0.2) is 45.2 Å². The van der Waals surface area contributed by atoms with Crippen molar-refractivity contribution in [3.05, 3.63) is 59.5 Å². The number of rotatable bonds is 7. The van der Waals surface area contributed by atoms with Crippen molar-refractivity contribution in [3.63, 3.8) is 0 Å². The van der Waals surface area contributed by atoms with Crippen molar-refractivity contribution in [2.75, 3.05) is 33.4 Å².